The highest BCUT2D eigenvalue weighted by atomic mass is 15.3. The van der Waals surface area contributed by atoms with Crippen molar-refractivity contribution in [3.8, 4) is 0 Å². The molecule has 1 aliphatic carbocycles. The van der Waals surface area contributed by atoms with Gasteiger partial charge in [-0.15, -0.1) is 0 Å². The maximum absolute atomic E-state index is 5.95. The van der Waals surface area contributed by atoms with E-state index in [-0.39, 0.29) is 5.54 Å². The Labute approximate surface area is 129 Å². The molecule has 0 radical (unpaired) electrons. The van der Waals surface area contributed by atoms with Gasteiger partial charge in [-0.05, 0) is 56.3 Å². The minimum atomic E-state index is 0.114. The molecule has 3 N–H and O–H groups in total. The van der Waals surface area contributed by atoms with Crippen LogP contribution >= 0.6 is 0 Å². The second kappa shape index (κ2) is 6.91. The fourth-order valence-corrected chi connectivity index (χ4v) is 4.00. The molecular weight excluding hydrogens is 258 g/mol. The Morgan fingerprint density at radius 2 is 1.95 bits per heavy atom. The molecule has 0 spiro atoms. The first-order chi connectivity index (χ1) is 10.1. The lowest BCUT2D eigenvalue weighted by atomic mass is 9.71. The lowest BCUT2D eigenvalue weighted by Gasteiger charge is -2.47. The summed E-state index contributed by atoms with van der Waals surface area (Å²) in [5.74, 6) is 6.61. The van der Waals surface area contributed by atoms with Crippen LogP contribution in [0.25, 0.3) is 0 Å². The molecule has 3 heteroatoms. The summed E-state index contributed by atoms with van der Waals surface area (Å²) in [6.45, 7) is 11.3. The van der Waals surface area contributed by atoms with E-state index in [2.05, 4.69) is 62.3 Å². The molecule has 0 aromatic heterocycles. The number of hydrogen-bond acceptors (Lipinski definition) is 3. The van der Waals surface area contributed by atoms with Crippen molar-refractivity contribution >= 4 is 0 Å². The van der Waals surface area contributed by atoms with Gasteiger partial charge < -0.3 is 0 Å². The van der Waals surface area contributed by atoms with Crippen LogP contribution in [0.3, 0.4) is 0 Å². The highest BCUT2D eigenvalue weighted by Gasteiger charge is 2.39. The molecule has 2 rings (SSSR count). The van der Waals surface area contributed by atoms with E-state index in [0.29, 0.717) is 12.0 Å². The van der Waals surface area contributed by atoms with Crippen LogP contribution in [-0.4, -0.2) is 29.6 Å². The lowest BCUT2D eigenvalue weighted by Crippen LogP contribution is -2.61. The van der Waals surface area contributed by atoms with Crippen molar-refractivity contribution in [2.24, 2.45) is 5.84 Å². The van der Waals surface area contributed by atoms with E-state index in [1.165, 1.54) is 17.5 Å². The smallest absolute Gasteiger partial charge is 0.0397 e. The molecule has 1 aromatic rings. The number of nitrogens with two attached hydrogens (primary N) is 1. The van der Waals surface area contributed by atoms with E-state index in [1.807, 2.05) is 0 Å². The first-order valence-corrected chi connectivity index (χ1v) is 8.39. The molecule has 0 saturated heterocycles. The van der Waals surface area contributed by atoms with Gasteiger partial charge in [-0.2, -0.15) is 0 Å². The summed E-state index contributed by atoms with van der Waals surface area (Å²) < 4.78 is 0. The van der Waals surface area contributed by atoms with E-state index >= 15 is 0 Å². The lowest BCUT2D eigenvalue weighted by molar-refractivity contribution is 0.0628. The molecule has 21 heavy (non-hydrogen) atoms. The molecule has 3 nitrogen and oxygen atoms in total. The molecular formula is C18H31N3. The Morgan fingerprint density at radius 1 is 1.29 bits per heavy atom. The number of hydrazine groups is 1. The molecule has 0 saturated carbocycles. The van der Waals surface area contributed by atoms with Crippen LogP contribution in [-0.2, 0) is 6.42 Å². The second-order valence-electron chi connectivity index (χ2n) is 6.44. The van der Waals surface area contributed by atoms with Gasteiger partial charge in [0.15, 0.2) is 0 Å². The van der Waals surface area contributed by atoms with Gasteiger partial charge in [0.05, 0.1) is 0 Å². The van der Waals surface area contributed by atoms with Gasteiger partial charge in [-0.1, -0.05) is 45.0 Å². The molecule has 3 unspecified atom stereocenters. The zero-order valence-corrected chi connectivity index (χ0v) is 14.0. The van der Waals surface area contributed by atoms with Crippen LogP contribution < -0.4 is 11.3 Å². The van der Waals surface area contributed by atoms with Crippen molar-refractivity contribution < 1.29 is 0 Å². The van der Waals surface area contributed by atoms with Gasteiger partial charge in [0.25, 0.3) is 0 Å². The Bertz CT molecular complexity index is 456. The molecule has 0 fully saturated rings. The number of likely N-dealkylation sites (N-methyl/N-ethyl adjacent to an activating group) is 1. The van der Waals surface area contributed by atoms with E-state index in [0.717, 1.165) is 25.9 Å². The molecule has 1 aromatic carbocycles. The van der Waals surface area contributed by atoms with Crippen molar-refractivity contribution in [2.45, 2.75) is 64.5 Å². The van der Waals surface area contributed by atoms with Crippen LogP contribution in [0, 0.1) is 0 Å². The number of nitrogens with one attached hydrogen (secondary N) is 1. The van der Waals surface area contributed by atoms with Crippen molar-refractivity contribution in [2.75, 3.05) is 13.1 Å². The van der Waals surface area contributed by atoms with Crippen LogP contribution in [0.4, 0.5) is 0 Å². The molecule has 118 valence electrons. The average molecular weight is 289 g/mol. The SMILES string of the molecule is CCN(CC)C(C)(CC)C(CC1Cc2ccccc21)NN. The highest BCUT2D eigenvalue weighted by Crippen LogP contribution is 2.40. The summed E-state index contributed by atoms with van der Waals surface area (Å²) in [6.07, 6.45) is 3.43. The van der Waals surface area contributed by atoms with E-state index < -0.39 is 0 Å². The van der Waals surface area contributed by atoms with Crippen molar-refractivity contribution in [1.82, 2.24) is 10.3 Å². The molecule has 0 bridgehead atoms. The zero-order valence-electron chi connectivity index (χ0n) is 14.0. The Balaban J connectivity index is 2.12. The third kappa shape index (κ3) is 3.01. The van der Waals surface area contributed by atoms with Gasteiger partial charge >= 0.3 is 0 Å². The summed E-state index contributed by atoms with van der Waals surface area (Å²) in [7, 11) is 0. The summed E-state index contributed by atoms with van der Waals surface area (Å²) in [5.41, 5.74) is 6.28. The number of benzene rings is 1. The number of nitrogens with zero attached hydrogens (tertiary/aromatic N) is 1. The number of fused-ring (bicyclic) bond motifs is 1. The fraction of sp³-hybridized carbons (Fsp3) is 0.667. The van der Waals surface area contributed by atoms with E-state index in [9.17, 15) is 0 Å². The molecule has 3 atom stereocenters. The number of rotatable bonds is 8. The van der Waals surface area contributed by atoms with Crippen LogP contribution in [0.15, 0.2) is 24.3 Å². The normalized spacial score (nSPS) is 21.5. The van der Waals surface area contributed by atoms with E-state index in [1.54, 1.807) is 0 Å². The van der Waals surface area contributed by atoms with Crippen molar-refractivity contribution in [3.63, 3.8) is 0 Å². The minimum absolute atomic E-state index is 0.114. The number of hydrogen-bond donors (Lipinski definition) is 2. The molecule has 0 amide bonds. The molecule has 0 aliphatic heterocycles. The first kappa shape index (κ1) is 16.5. The molecule has 1 aliphatic rings. The molecule has 0 heterocycles. The zero-order chi connectivity index (χ0) is 15.5. The highest BCUT2D eigenvalue weighted by molar-refractivity contribution is 5.40. The van der Waals surface area contributed by atoms with Gasteiger partial charge in [-0.3, -0.25) is 16.2 Å². The van der Waals surface area contributed by atoms with E-state index in [4.69, 9.17) is 5.84 Å². The topological polar surface area (TPSA) is 41.3 Å². The van der Waals surface area contributed by atoms with Crippen LogP contribution in [0.2, 0.25) is 0 Å². The average Bonchev–Trinajstić information content (AvgIpc) is 2.49. The quantitative estimate of drug-likeness (QED) is 0.571. The second-order valence-corrected chi connectivity index (χ2v) is 6.44. The summed E-state index contributed by atoms with van der Waals surface area (Å²) in [4.78, 5) is 2.54. The Kier molecular flexibility index (Phi) is 5.42. The van der Waals surface area contributed by atoms with Gasteiger partial charge in [-0.25, -0.2) is 0 Å². The van der Waals surface area contributed by atoms with Gasteiger partial charge in [0.1, 0.15) is 0 Å². The summed E-state index contributed by atoms with van der Waals surface area (Å²) >= 11 is 0. The largest absolute Gasteiger partial charge is 0.297 e. The van der Waals surface area contributed by atoms with Crippen molar-refractivity contribution in [3.05, 3.63) is 35.4 Å². The fourth-order valence-electron chi connectivity index (χ4n) is 4.00. The van der Waals surface area contributed by atoms with Gasteiger partial charge in [0.2, 0.25) is 0 Å². The minimum Gasteiger partial charge on any atom is -0.297 e. The van der Waals surface area contributed by atoms with Crippen molar-refractivity contribution in [1.29, 1.82) is 0 Å². The summed E-state index contributed by atoms with van der Waals surface area (Å²) in [6, 6.07) is 9.14. The first-order valence-electron chi connectivity index (χ1n) is 8.39. The van der Waals surface area contributed by atoms with Crippen LogP contribution in [0.5, 0.6) is 0 Å². The Hall–Kier alpha value is -0.900. The summed E-state index contributed by atoms with van der Waals surface area (Å²) in [5, 5.41) is 0. The van der Waals surface area contributed by atoms with Crippen LogP contribution in [0.1, 0.15) is 57.6 Å². The predicted molar refractivity (Wildman–Crippen MR) is 90.2 cm³/mol. The van der Waals surface area contributed by atoms with Gasteiger partial charge in [0, 0.05) is 11.6 Å². The third-order valence-corrected chi connectivity index (χ3v) is 5.63. The monoisotopic (exact) mass is 289 g/mol. The Morgan fingerprint density at radius 3 is 2.48 bits per heavy atom. The standard InChI is InChI=1S/C18H31N3/c1-5-18(4,21(6-2)7-3)17(20-19)13-15-12-14-10-8-9-11-16(14)15/h8-11,15,17,20H,5-7,12-13,19H2,1-4H3. The third-order valence-electron chi connectivity index (χ3n) is 5.63. The maximum Gasteiger partial charge on any atom is 0.0397 e. The maximum atomic E-state index is 5.95. The predicted octanol–water partition coefficient (Wildman–Crippen LogP) is 3.06.